The smallest absolute Gasteiger partial charge is 0.165 e. The molecule has 182 valence electrons. The molecule has 0 amide bonds. The van der Waals surface area contributed by atoms with Crippen molar-refractivity contribution < 1.29 is 40.1 Å². The largest absolute Gasteiger partial charge is 0.508 e. The summed E-state index contributed by atoms with van der Waals surface area (Å²) in [5.74, 6) is 0.0488. The van der Waals surface area contributed by atoms with Gasteiger partial charge in [0.2, 0.25) is 0 Å². The minimum atomic E-state index is -0.848. The summed E-state index contributed by atoms with van der Waals surface area (Å²) in [5.41, 5.74) is 2.19. The summed E-state index contributed by atoms with van der Waals surface area (Å²) >= 11 is 0. The Hall–Kier alpha value is -4.98. The number of ether oxygens (including phenoxy) is 2. The molecule has 8 nitrogen and oxygen atoms in total. The maximum atomic E-state index is 10.0. The Balaban J connectivity index is 1.53. The van der Waals surface area contributed by atoms with Gasteiger partial charge >= 0.3 is 0 Å². The van der Waals surface area contributed by atoms with Crippen molar-refractivity contribution in [2.45, 2.75) is 12.2 Å². The van der Waals surface area contributed by atoms with Crippen molar-refractivity contribution in [1.29, 1.82) is 0 Å². The molecule has 0 bridgehead atoms. The van der Waals surface area contributed by atoms with Crippen LogP contribution in [-0.2, 0) is 0 Å². The second-order valence-electron chi connectivity index (χ2n) is 8.46. The van der Waals surface area contributed by atoms with Gasteiger partial charge in [-0.2, -0.15) is 0 Å². The normalized spacial score (nSPS) is 16.8. The molecule has 4 aromatic rings. The van der Waals surface area contributed by atoms with E-state index < -0.39 is 12.2 Å². The molecule has 0 aliphatic carbocycles. The van der Waals surface area contributed by atoms with Crippen LogP contribution in [0.15, 0.2) is 72.8 Å². The number of rotatable bonds is 4. The molecule has 0 unspecified atom stereocenters. The molecule has 1 aliphatic heterocycles. The second kappa shape index (κ2) is 8.99. The molecule has 1 heterocycles. The Kier molecular flexibility index (Phi) is 5.69. The fourth-order valence-corrected chi connectivity index (χ4v) is 4.17. The predicted octanol–water partition coefficient (Wildman–Crippen LogP) is 5.34. The van der Waals surface area contributed by atoms with E-state index in [0.717, 1.165) is 5.56 Å². The van der Waals surface area contributed by atoms with E-state index in [2.05, 4.69) is 0 Å². The molecule has 0 saturated heterocycles. The molecular weight excluding hydrogens is 464 g/mol. The molecule has 1 aliphatic rings. The van der Waals surface area contributed by atoms with E-state index in [9.17, 15) is 30.6 Å². The fraction of sp³-hybridized carbons (Fsp3) is 0.0714. The first kappa shape index (κ1) is 22.8. The lowest BCUT2D eigenvalue weighted by Crippen LogP contribution is -2.26. The lowest BCUT2D eigenvalue weighted by molar-refractivity contribution is 0.0179. The number of fused-ring (bicyclic) bond motifs is 1. The molecule has 0 fully saturated rings. The van der Waals surface area contributed by atoms with Crippen LogP contribution in [0.1, 0.15) is 34.5 Å². The Bertz CT molecular complexity index is 1420. The number of phenols is 6. The molecule has 0 saturated carbocycles. The third-order valence-electron chi connectivity index (χ3n) is 5.65. The molecule has 36 heavy (non-hydrogen) atoms. The van der Waals surface area contributed by atoms with Gasteiger partial charge in [0, 0.05) is 29.3 Å². The SMILES string of the molecule is Oc1cc(O)cc(/C=C/c2ccc3c(c2)O[C@H](c2cc(O)cc(O)c2)[C@@H](c2cc(O)cc(O)c2)O3)c1. The summed E-state index contributed by atoms with van der Waals surface area (Å²) in [6.07, 6.45) is 1.81. The zero-order valence-corrected chi connectivity index (χ0v) is 18.7. The highest BCUT2D eigenvalue weighted by molar-refractivity contribution is 5.72. The molecule has 0 aromatic heterocycles. The van der Waals surface area contributed by atoms with Crippen molar-refractivity contribution in [1.82, 2.24) is 0 Å². The zero-order chi connectivity index (χ0) is 25.4. The van der Waals surface area contributed by atoms with Crippen LogP contribution in [0.2, 0.25) is 0 Å². The summed E-state index contributed by atoms with van der Waals surface area (Å²) in [4.78, 5) is 0. The van der Waals surface area contributed by atoms with Crippen LogP contribution in [0, 0.1) is 0 Å². The van der Waals surface area contributed by atoms with Gasteiger partial charge in [-0.25, -0.2) is 0 Å². The van der Waals surface area contributed by atoms with Crippen molar-refractivity contribution in [2.24, 2.45) is 0 Å². The van der Waals surface area contributed by atoms with Crippen LogP contribution in [0.4, 0.5) is 0 Å². The molecule has 4 aromatic carbocycles. The predicted molar refractivity (Wildman–Crippen MR) is 131 cm³/mol. The van der Waals surface area contributed by atoms with Gasteiger partial charge in [0.15, 0.2) is 23.7 Å². The van der Waals surface area contributed by atoms with Gasteiger partial charge in [-0.1, -0.05) is 18.2 Å². The summed E-state index contributed by atoms with van der Waals surface area (Å²) < 4.78 is 12.5. The highest BCUT2D eigenvalue weighted by Gasteiger charge is 2.35. The first-order chi connectivity index (χ1) is 17.2. The highest BCUT2D eigenvalue weighted by Crippen LogP contribution is 2.48. The standard InChI is InChI=1S/C28H22O8/c29-19-5-16(6-20(30)12-19)2-1-15-3-4-25-26(7-15)36-28(18-10-23(33)14-24(34)11-18)27(35-25)17-8-21(31)13-22(32)9-17/h1-14,27-34H/b2-1+/t27-,28-/m1/s1. The fourth-order valence-electron chi connectivity index (χ4n) is 4.17. The average Bonchev–Trinajstić information content (AvgIpc) is 2.80. The maximum Gasteiger partial charge on any atom is 0.165 e. The lowest BCUT2D eigenvalue weighted by Gasteiger charge is -2.35. The number of hydrogen-bond donors (Lipinski definition) is 6. The first-order valence-corrected chi connectivity index (χ1v) is 11.0. The van der Waals surface area contributed by atoms with Gasteiger partial charge in [0.1, 0.15) is 34.5 Å². The van der Waals surface area contributed by atoms with E-state index >= 15 is 0 Å². The quantitative estimate of drug-likeness (QED) is 0.212. The lowest BCUT2D eigenvalue weighted by atomic mass is 9.95. The molecular formula is C28H22O8. The number of hydrogen-bond acceptors (Lipinski definition) is 8. The zero-order valence-electron chi connectivity index (χ0n) is 18.7. The highest BCUT2D eigenvalue weighted by atomic mass is 16.6. The molecule has 0 radical (unpaired) electrons. The van der Waals surface area contributed by atoms with Gasteiger partial charge in [0.25, 0.3) is 0 Å². The molecule has 8 heteroatoms. The van der Waals surface area contributed by atoms with Gasteiger partial charge in [0.05, 0.1) is 0 Å². The minimum Gasteiger partial charge on any atom is -0.508 e. The summed E-state index contributed by atoms with van der Waals surface area (Å²) in [7, 11) is 0. The van der Waals surface area contributed by atoms with Crippen LogP contribution < -0.4 is 9.47 Å². The van der Waals surface area contributed by atoms with E-state index in [4.69, 9.17) is 9.47 Å². The van der Waals surface area contributed by atoms with E-state index in [-0.39, 0.29) is 34.5 Å². The first-order valence-electron chi connectivity index (χ1n) is 11.0. The van der Waals surface area contributed by atoms with Crippen molar-refractivity contribution in [3.05, 3.63) is 95.1 Å². The van der Waals surface area contributed by atoms with Gasteiger partial charge < -0.3 is 40.1 Å². The van der Waals surface area contributed by atoms with E-state index in [1.54, 1.807) is 30.4 Å². The third kappa shape index (κ3) is 4.78. The van der Waals surface area contributed by atoms with Crippen molar-refractivity contribution >= 4 is 12.2 Å². The average molecular weight is 486 g/mol. The second-order valence-corrected chi connectivity index (χ2v) is 8.46. The van der Waals surface area contributed by atoms with Crippen molar-refractivity contribution in [3.63, 3.8) is 0 Å². The van der Waals surface area contributed by atoms with Crippen LogP contribution in [0.5, 0.6) is 46.0 Å². The molecule has 6 N–H and O–H groups in total. The van der Waals surface area contributed by atoms with Crippen LogP contribution in [0.3, 0.4) is 0 Å². The number of phenolic OH excluding ortho intramolecular Hbond substituents is 6. The number of aromatic hydroxyl groups is 6. The van der Waals surface area contributed by atoms with Gasteiger partial charge in [-0.05, 0) is 59.7 Å². The monoisotopic (exact) mass is 486 g/mol. The summed E-state index contributed by atoms with van der Waals surface area (Å²) in [6.45, 7) is 0. The number of benzene rings is 4. The Morgan fingerprint density at radius 1 is 0.444 bits per heavy atom. The van der Waals surface area contributed by atoms with Gasteiger partial charge in [-0.15, -0.1) is 0 Å². The molecule has 5 rings (SSSR count). The molecule has 2 atom stereocenters. The third-order valence-corrected chi connectivity index (χ3v) is 5.65. The minimum absolute atomic E-state index is 0.0574. The summed E-state index contributed by atoms with van der Waals surface area (Å²) in [5, 5.41) is 59.5. The van der Waals surface area contributed by atoms with Crippen LogP contribution in [-0.4, -0.2) is 30.6 Å². The van der Waals surface area contributed by atoms with E-state index in [1.165, 1.54) is 54.6 Å². The Morgan fingerprint density at radius 2 is 0.861 bits per heavy atom. The van der Waals surface area contributed by atoms with E-state index in [0.29, 0.717) is 28.2 Å². The van der Waals surface area contributed by atoms with Gasteiger partial charge in [-0.3, -0.25) is 0 Å². The molecule has 0 spiro atoms. The van der Waals surface area contributed by atoms with Crippen LogP contribution in [0.25, 0.3) is 12.2 Å². The maximum absolute atomic E-state index is 10.0. The Labute approximate surface area is 205 Å². The van der Waals surface area contributed by atoms with Crippen molar-refractivity contribution in [3.8, 4) is 46.0 Å². The summed E-state index contributed by atoms with van der Waals surface area (Å²) in [6, 6.07) is 17.6. The van der Waals surface area contributed by atoms with Crippen molar-refractivity contribution in [2.75, 3.05) is 0 Å². The Morgan fingerprint density at radius 3 is 1.36 bits per heavy atom. The topological polar surface area (TPSA) is 140 Å². The van der Waals surface area contributed by atoms with E-state index in [1.807, 2.05) is 0 Å². The van der Waals surface area contributed by atoms with Crippen LogP contribution >= 0.6 is 0 Å².